The van der Waals surface area contributed by atoms with Crippen molar-refractivity contribution in [3.63, 3.8) is 0 Å². The zero-order chi connectivity index (χ0) is 13.9. The molecule has 0 fully saturated rings. The maximum atomic E-state index is 4.47. The number of anilines is 2. The van der Waals surface area contributed by atoms with E-state index in [2.05, 4.69) is 54.5 Å². The van der Waals surface area contributed by atoms with Crippen molar-refractivity contribution in [2.24, 2.45) is 0 Å². The molecular formula is C13H16N6S. The molecule has 7 heteroatoms. The monoisotopic (exact) mass is 288 g/mol. The van der Waals surface area contributed by atoms with Crippen molar-refractivity contribution in [3.05, 3.63) is 28.6 Å². The molecule has 0 aliphatic rings. The van der Waals surface area contributed by atoms with Crippen molar-refractivity contribution in [3.8, 4) is 0 Å². The highest BCUT2D eigenvalue weighted by atomic mass is 32.1. The van der Waals surface area contributed by atoms with Crippen LogP contribution in [0.4, 0.5) is 11.8 Å². The lowest BCUT2D eigenvalue weighted by Gasteiger charge is -2.15. The molecule has 3 aromatic heterocycles. The fourth-order valence-corrected chi connectivity index (χ4v) is 2.79. The van der Waals surface area contributed by atoms with E-state index in [-0.39, 0.29) is 6.04 Å². The first-order chi connectivity index (χ1) is 9.76. The van der Waals surface area contributed by atoms with Crippen molar-refractivity contribution in [2.45, 2.75) is 19.4 Å². The van der Waals surface area contributed by atoms with Crippen molar-refractivity contribution >= 4 is 34.1 Å². The van der Waals surface area contributed by atoms with Crippen LogP contribution in [0.2, 0.25) is 0 Å². The molecule has 0 amide bonds. The van der Waals surface area contributed by atoms with Gasteiger partial charge in [0.15, 0.2) is 5.65 Å². The molecule has 20 heavy (non-hydrogen) atoms. The van der Waals surface area contributed by atoms with Crippen LogP contribution >= 0.6 is 11.3 Å². The van der Waals surface area contributed by atoms with Crippen LogP contribution < -0.4 is 10.6 Å². The van der Waals surface area contributed by atoms with Gasteiger partial charge in [-0.25, -0.2) is 0 Å². The number of rotatable bonds is 5. The lowest BCUT2D eigenvalue weighted by Crippen LogP contribution is -2.19. The van der Waals surface area contributed by atoms with Crippen LogP contribution in [-0.2, 0) is 6.42 Å². The summed E-state index contributed by atoms with van der Waals surface area (Å²) in [7, 11) is 1.80. The third-order valence-electron chi connectivity index (χ3n) is 3.04. The fourth-order valence-electron chi connectivity index (χ4n) is 2.10. The highest BCUT2D eigenvalue weighted by Crippen LogP contribution is 2.21. The minimum absolute atomic E-state index is 0.280. The molecule has 0 radical (unpaired) electrons. The lowest BCUT2D eigenvalue weighted by atomic mass is 10.1. The number of hydrogen-bond donors (Lipinski definition) is 3. The zero-order valence-corrected chi connectivity index (χ0v) is 12.2. The maximum Gasteiger partial charge on any atom is 0.226 e. The topological polar surface area (TPSA) is 78.5 Å². The number of nitrogens with one attached hydrogen (secondary N) is 3. The molecule has 104 valence electrons. The summed E-state index contributed by atoms with van der Waals surface area (Å²) < 4.78 is 0. The Labute approximate surface area is 120 Å². The van der Waals surface area contributed by atoms with Gasteiger partial charge in [-0.05, 0) is 35.7 Å². The maximum absolute atomic E-state index is 4.47. The summed E-state index contributed by atoms with van der Waals surface area (Å²) in [4.78, 5) is 8.79. The van der Waals surface area contributed by atoms with E-state index in [1.807, 2.05) is 0 Å². The van der Waals surface area contributed by atoms with Crippen molar-refractivity contribution in [1.29, 1.82) is 0 Å². The molecule has 3 heterocycles. The number of H-pyrrole nitrogens is 1. The second kappa shape index (κ2) is 5.46. The van der Waals surface area contributed by atoms with E-state index in [1.54, 1.807) is 24.6 Å². The number of hydrogen-bond acceptors (Lipinski definition) is 6. The molecule has 1 atom stereocenters. The molecule has 3 rings (SSSR count). The standard InChI is InChI=1S/C13H16N6S/c1-8(5-9-3-4-20-7-9)16-11-10-6-15-19-12(10)18-13(14-2)17-11/h3-4,6-8H,5H2,1-2H3,(H3,14,15,16,17,18,19). The van der Waals surface area contributed by atoms with Gasteiger partial charge in [-0.15, -0.1) is 0 Å². The first-order valence-corrected chi connectivity index (χ1v) is 7.37. The Morgan fingerprint density at radius 2 is 2.30 bits per heavy atom. The molecule has 6 nitrogen and oxygen atoms in total. The Morgan fingerprint density at radius 3 is 3.05 bits per heavy atom. The fraction of sp³-hybridized carbons (Fsp3) is 0.308. The highest BCUT2D eigenvalue weighted by Gasteiger charge is 2.11. The summed E-state index contributed by atoms with van der Waals surface area (Å²) >= 11 is 1.72. The van der Waals surface area contributed by atoms with Crippen LogP contribution in [0.1, 0.15) is 12.5 Å². The molecule has 0 aliphatic carbocycles. The van der Waals surface area contributed by atoms with Crippen LogP contribution in [0.5, 0.6) is 0 Å². The quantitative estimate of drug-likeness (QED) is 0.672. The Morgan fingerprint density at radius 1 is 1.40 bits per heavy atom. The summed E-state index contributed by atoms with van der Waals surface area (Å²) in [6.07, 6.45) is 2.70. The highest BCUT2D eigenvalue weighted by molar-refractivity contribution is 7.07. The van der Waals surface area contributed by atoms with Crippen LogP contribution in [0, 0.1) is 0 Å². The molecule has 0 aliphatic heterocycles. The first kappa shape index (κ1) is 12.9. The Kier molecular flexibility index (Phi) is 3.51. The second-order valence-electron chi connectivity index (χ2n) is 4.66. The van der Waals surface area contributed by atoms with Gasteiger partial charge in [0.1, 0.15) is 5.82 Å². The Bertz CT molecular complexity index is 690. The van der Waals surface area contributed by atoms with Crippen molar-refractivity contribution in [1.82, 2.24) is 20.2 Å². The average Bonchev–Trinajstić information content (AvgIpc) is 3.09. The van der Waals surface area contributed by atoms with Crippen molar-refractivity contribution in [2.75, 3.05) is 17.7 Å². The third kappa shape index (κ3) is 2.57. The molecule has 0 spiro atoms. The average molecular weight is 288 g/mol. The first-order valence-electron chi connectivity index (χ1n) is 6.42. The van der Waals surface area contributed by atoms with Gasteiger partial charge < -0.3 is 10.6 Å². The zero-order valence-electron chi connectivity index (χ0n) is 11.3. The van der Waals surface area contributed by atoms with Gasteiger partial charge in [0.2, 0.25) is 5.95 Å². The summed E-state index contributed by atoms with van der Waals surface area (Å²) in [6, 6.07) is 2.43. The normalized spacial score (nSPS) is 12.5. The summed E-state index contributed by atoms with van der Waals surface area (Å²) in [6.45, 7) is 2.14. The Hall–Kier alpha value is -2.15. The number of thiophene rings is 1. The molecule has 0 aromatic carbocycles. The van der Waals surface area contributed by atoms with E-state index in [0.717, 1.165) is 23.3 Å². The third-order valence-corrected chi connectivity index (χ3v) is 3.77. The van der Waals surface area contributed by atoms with Gasteiger partial charge in [0.05, 0.1) is 11.6 Å². The van der Waals surface area contributed by atoms with Gasteiger partial charge >= 0.3 is 0 Å². The molecule has 3 N–H and O–H groups in total. The van der Waals surface area contributed by atoms with Crippen LogP contribution in [0.25, 0.3) is 11.0 Å². The van der Waals surface area contributed by atoms with Gasteiger partial charge in [0, 0.05) is 13.1 Å². The summed E-state index contributed by atoms with van der Waals surface area (Å²) in [5.74, 6) is 1.38. The van der Waals surface area contributed by atoms with Crippen LogP contribution in [0.15, 0.2) is 23.0 Å². The molecule has 0 bridgehead atoms. The van der Waals surface area contributed by atoms with Gasteiger partial charge in [-0.2, -0.15) is 26.4 Å². The molecule has 0 saturated carbocycles. The van der Waals surface area contributed by atoms with Gasteiger partial charge in [-0.3, -0.25) is 5.10 Å². The number of aromatic nitrogens is 4. The predicted octanol–water partition coefficient (Wildman–Crippen LogP) is 2.50. The molecule has 3 aromatic rings. The minimum atomic E-state index is 0.280. The molecule has 1 unspecified atom stereocenters. The number of fused-ring (bicyclic) bond motifs is 1. The largest absolute Gasteiger partial charge is 0.367 e. The van der Waals surface area contributed by atoms with Gasteiger partial charge in [0.25, 0.3) is 0 Å². The predicted molar refractivity (Wildman–Crippen MR) is 82.3 cm³/mol. The number of aromatic amines is 1. The van der Waals surface area contributed by atoms with E-state index in [0.29, 0.717) is 5.95 Å². The summed E-state index contributed by atoms with van der Waals surface area (Å²) in [5.41, 5.74) is 2.07. The van der Waals surface area contributed by atoms with E-state index >= 15 is 0 Å². The number of nitrogens with zero attached hydrogens (tertiary/aromatic N) is 3. The van der Waals surface area contributed by atoms with E-state index in [4.69, 9.17) is 0 Å². The van der Waals surface area contributed by atoms with E-state index < -0.39 is 0 Å². The molecule has 0 saturated heterocycles. The van der Waals surface area contributed by atoms with E-state index in [9.17, 15) is 0 Å². The second-order valence-corrected chi connectivity index (χ2v) is 5.44. The molecular weight excluding hydrogens is 272 g/mol. The SMILES string of the molecule is CNc1nc(NC(C)Cc2ccsc2)c2cn[nH]c2n1. The minimum Gasteiger partial charge on any atom is -0.367 e. The van der Waals surface area contributed by atoms with Crippen LogP contribution in [0.3, 0.4) is 0 Å². The Balaban J connectivity index is 1.84. The van der Waals surface area contributed by atoms with Crippen LogP contribution in [-0.4, -0.2) is 33.3 Å². The lowest BCUT2D eigenvalue weighted by molar-refractivity contribution is 0.788. The smallest absolute Gasteiger partial charge is 0.226 e. The van der Waals surface area contributed by atoms with Crippen molar-refractivity contribution < 1.29 is 0 Å². The van der Waals surface area contributed by atoms with Gasteiger partial charge in [-0.1, -0.05) is 0 Å². The summed E-state index contributed by atoms with van der Waals surface area (Å²) in [5, 5.41) is 18.5. The van der Waals surface area contributed by atoms with E-state index in [1.165, 1.54) is 5.56 Å².